The van der Waals surface area contributed by atoms with Crippen molar-refractivity contribution in [2.45, 2.75) is 10.8 Å². The molecular formula is C74H47NO2. The Hall–Kier alpha value is -9.96. The summed E-state index contributed by atoms with van der Waals surface area (Å²) in [6, 6.07) is 104. The SMILES string of the molecule is c1ccc(-c2ccc(-c3ccccc3N(c3ccc(-c4ccc5c(c4)-c4ccccc4C54c5ccccc5Oc5ccccc54)cc3)c3cccc4c3-c3ccccc3C43c4ccccc4Oc4ccccc43)cc2)cc1. The second-order valence-electron chi connectivity index (χ2n) is 20.6. The van der Waals surface area contributed by atoms with E-state index >= 15 is 0 Å². The number of hydrogen-bond acceptors (Lipinski definition) is 3. The highest BCUT2D eigenvalue weighted by molar-refractivity contribution is 6.01. The molecule has 2 aliphatic carbocycles. The average Bonchev–Trinajstić information content (AvgIpc) is 4.13. The summed E-state index contributed by atoms with van der Waals surface area (Å²) in [5, 5.41) is 0. The van der Waals surface area contributed by atoms with Gasteiger partial charge in [0.25, 0.3) is 0 Å². The van der Waals surface area contributed by atoms with E-state index in [0.717, 1.165) is 73.4 Å². The summed E-state index contributed by atoms with van der Waals surface area (Å²) in [4.78, 5) is 2.50. The fraction of sp³-hybridized carbons (Fsp3) is 0.0270. The van der Waals surface area contributed by atoms with Gasteiger partial charge in [-0.15, -0.1) is 0 Å². The van der Waals surface area contributed by atoms with Crippen molar-refractivity contribution >= 4 is 17.1 Å². The van der Waals surface area contributed by atoms with Crippen LogP contribution in [0.1, 0.15) is 44.5 Å². The Kier molecular flexibility index (Phi) is 9.47. The minimum absolute atomic E-state index is 0.516. The first kappa shape index (κ1) is 43.4. The summed E-state index contributed by atoms with van der Waals surface area (Å²) in [6.07, 6.45) is 0. The Morgan fingerprint density at radius 2 is 0.623 bits per heavy atom. The molecule has 16 rings (SSSR count). The molecule has 0 saturated carbocycles. The second-order valence-corrected chi connectivity index (χ2v) is 20.6. The fourth-order valence-corrected chi connectivity index (χ4v) is 13.7. The molecule has 3 nitrogen and oxygen atoms in total. The number of rotatable bonds is 6. The third kappa shape index (κ3) is 6.14. The molecule has 0 radical (unpaired) electrons. The predicted molar refractivity (Wildman–Crippen MR) is 312 cm³/mol. The van der Waals surface area contributed by atoms with Gasteiger partial charge in [-0.3, -0.25) is 0 Å². The van der Waals surface area contributed by atoms with Crippen LogP contribution in [0.25, 0.3) is 55.6 Å². The summed E-state index contributed by atoms with van der Waals surface area (Å²) in [7, 11) is 0. The normalized spacial score (nSPS) is 13.9. The number of nitrogens with zero attached hydrogens (tertiary/aromatic N) is 1. The highest BCUT2D eigenvalue weighted by Gasteiger charge is 2.53. The van der Waals surface area contributed by atoms with E-state index in [1.807, 2.05) is 0 Å². The van der Waals surface area contributed by atoms with Crippen LogP contribution in [0, 0.1) is 0 Å². The first-order valence-corrected chi connectivity index (χ1v) is 26.6. The Morgan fingerprint density at radius 3 is 1.23 bits per heavy atom. The van der Waals surface area contributed by atoms with Crippen molar-refractivity contribution in [3.63, 3.8) is 0 Å². The minimum atomic E-state index is -0.616. The maximum atomic E-state index is 6.74. The number of ether oxygens (including phenoxy) is 2. The van der Waals surface area contributed by atoms with Crippen molar-refractivity contribution in [1.29, 1.82) is 0 Å². The Labute approximate surface area is 448 Å². The molecule has 0 bridgehead atoms. The van der Waals surface area contributed by atoms with Gasteiger partial charge in [0.15, 0.2) is 0 Å². The van der Waals surface area contributed by atoms with Crippen molar-refractivity contribution in [3.8, 4) is 78.6 Å². The van der Waals surface area contributed by atoms with Gasteiger partial charge in [0, 0.05) is 39.1 Å². The summed E-state index contributed by atoms with van der Waals surface area (Å²) < 4.78 is 13.4. The van der Waals surface area contributed by atoms with Crippen LogP contribution in [-0.4, -0.2) is 0 Å². The molecule has 2 heterocycles. The van der Waals surface area contributed by atoms with Gasteiger partial charge in [0.05, 0.1) is 22.2 Å². The van der Waals surface area contributed by atoms with Gasteiger partial charge < -0.3 is 14.4 Å². The van der Waals surface area contributed by atoms with Crippen molar-refractivity contribution in [2.75, 3.05) is 4.90 Å². The third-order valence-electron chi connectivity index (χ3n) is 16.8. The molecule has 3 heteroatoms. The molecule has 2 aliphatic heterocycles. The highest BCUT2D eigenvalue weighted by Crippen LogP contribution is 2.65. The average molecular weight is 982 g/mol. The number of benzene rings is 12. The molecule has 0 amide bonds. The topological polar surface area (TPSA) is 21.7 Å². The summed E-state index contributed by atoms with van der Waals surface area (Å²) in [5.41, 5.74) is 23.6. The lowest BCUT2D eigenvalue weighted by molar-refractivity contribution is 0.436. The molecule has 0 N–H and O–H groups in total. The monoisotopic (exact) mass is 981 g/mol. The lowest BCUT2D eigenvalue weighted by atomic mass is 9.66. The molecule has 2 spiro atoms. The zero-order valence-corrected chi connectivity index (χ0v) is 41.9. The van der Waals surface area contributed by atoms with Crippen LogP contribution in [0.5, 0.6) is 23.0 Å². The third-order valence-corrected chi connectivity index (χ3v) is 16.8. The zero-order chi connectivity index (χ0) is 50.7. The van der Waals surface area contributed by atoms with Crippen molar-refractivity contribution in [3.05, 3.63) is 330 Å². The van der Waals surface area contributed by atoms with Gasteiger partial charge in [-0.1, -0.05) is 231 Å². The molecule has 0 aromatic heterocycles. The first-order chi connectivity index (χ1) is 38.2. The fourth-order valence-electron chi connectivity index (χ4n) is 13.7. The van der Waals surface area contributed by atoms with Gasteiger partial charge >= 0.3 is 0 Å². The van der Waals surface area contributed by atoms with Gasteiger partial charge in [-0.2, -0.15) is 0 Å². The van der Waals surface area contributed by atoms with E-state index in [9.17, 15) is 0 Å². The maximum Gasteiger partial charge on any atom is 0.132 e. The summed E-state index contributed by atoms with van der Waals surface area (Å²) >= 11 is 0. The molecule has 0 fully saturated rings. The van der Waals surface area contributed by atoms with Crippen molar-refractivity contribution in [2.24, 2.45) is 0 Å². The van der Waals surface area contributed by atoms with Crippen LogP contribution < -0.4 is 14.4 Å². The standard InChI is InChI=1S/C74H47NO2/c1-2-19-48(20-3-1)49-37-39-51(40-38-49)54-21-6-13-31-66(54)75(67-32-18-30-65-72(67)56-23-5-8-25-59(56)74(65)63-28-11-16-35-70(63)77-71-36-17-12-29-64(71)74)53-44-41-50(42-45-53)52-43-46-60-57(47-52)55-22-4-7-24-58(55)73(60)61-26-9-14-33-68(61)76-69-34-15-10-27-62(69)73/h1-47H. The quantitative estimate of drug-likeness (QED) is 0.166. The molecule has 0 atom stereocenters. The van der Waals surface area contributed by atoms with Crippen LogP contribution in [0.4, 0.5) is 17.1 Å². The molecule has 77 heavy (non-hydrogen) atoms. The summed E-state index contributed by atoms with van der Waals surface area (Å²) in [6.45, 7) is 0. The van der Waals surface area contributed by atoms with Gasteiger partial charge in [0.2, 0.25) is 0 Å². The van der Waals surface area contributed by atoms with E-state index in [2.05, 4.69) is 290 Å². The Balaban J connectivity index is 0.886. The van der Waals surface area contributed by atoms with E-state index in [4.69, 9.17) is 9.47 Å². The zero-order valence-electron chi connectivity index (χ0n) is 41.9. The number of hydrogen-bond donors (Lipinski definition) is 0. The van der Waals surface area contributed by atoms with Gasteiger partial charge in [-0.05, 0) is 121 Å². The largest absolute Gasteiger partial charge is 0.457 e. The van der Waals surface area contributed by atoms with Crippen LogP contribution in [0.2, 0.25) is 0 Å². The maximum absolute atomic E-state index is 6.74. The van der Waals surface area contributed by atoms with Gasteiger partial charge in [0.1, 0.15) is 23.0 Å². The molecular weight excluding hydrogens is 935 g/mol. The lowest BCUT2D eigenvalue weighted by Crippen LogP contribution is -2.32. The molecule has 4 aliphatic rings. The van der Waals surface area contributed by atoms with E-state index in [1.54, 1.807) is 0 Å². The number of para-hydroxylation sites is 5. The smallest absolute Gasteiger partial charge is 0.132 e. The van der Waals surface area contributed by atoms with Crippen LogP contribution >= 0.6 is 0 Å². The minimum Gasteiger partial charge on any atom is -0.457 e. The predicted octanol–water partition coefficient (Wildman–Crippen LogP) is 19.1. The first-order valence-electron chi connectivity index (χ1n) is 26.6. The van der Waals surface area contributed by atoms with Crippen LogP contribution in [0.15, 0.2) is 285 Å². The number of anilines is 3. The molecule has 12 aromatic carbocycles. The second kappa shape index (κ2) is 16.8. The van der Waals surface area contributed by atoms with Gasteiger partial charge in [-0.25, -0.2) is 0 Å². The summed E-state index contributed by atoms with van der Waals surface area (Å²) in [5.74, 6) is 3.55. The highest BCUT2D eigenvalue weighted by atomic mass is 16.5. The van der Waals surface area contributed by atoms with Crippen LogP contribution in [0.3, 0.4) is 0 Å². The molecule has 12 aromatic rings. The van der Waals surface area contributed by atoms with E-state index < -0.39 is 10.8 Å². The van der Waals surface area contributed by atoms with E-state index in [-0.39, 0.29) is 0 Å². The van der Waals surface area contributed by atoms with Crippen LogP contribution in [-0.2, 0) is 10.8 Å². The lowest BCUT2D eigenvalue weighted by Gasteiger charge is -2.39. The number of fused-ring (bicyclic) bond motifs is 18. The molecule has 0 saturated heterocycles. The Bertz CT molecular complexity index is 4250. The molecule has 360 valence electrons. The van der Waals surface area contributed by atoms with E-state index in [0.29, 0.717) is 0 Å². The van der Waals surface area contributed by atoms with E-state index in [1.165, 1.54) is 66.8 Å². The van der Waals surface area contributed by atoms with Crippen molar-refractivity contribution in [1.82, 2.24) is 0 Å². The molecule has 0 unspecified atom stereocenters. The van der Waals surface area contributed by atoms with Crippen molar-refractivity contribution < 1.29 is 9.47 Å². The Morgan fingerprint density at radius 1 is 0.234 bits per heavy atom.